The van der Waals surface area contributed by atoms with E-state index in [-0.39, 0.29) is 29.9 Å². The lowest BCUT2D eigenvalue weighted by Crippen LogP contribution is -2.53. The van der Waals surface area contributed by atoms with Gasteiger partial charge in [-0.2, -0.15) is 0 Å². The predicted octanol–water partition coefficient (Wildman–Crippen LogP) is 1.77. The number of nitrogens with one attached hydrogen (secondary N) is 3. The van der Waals surface area contributed by atoms with Crippen LogP contribution < -0.4 is 16.0 Å². The van der Waals surface area contributed by atoms with E-state index in [1.165, 1.54) is 0 Å². The summed E-state index contributed by atoms with van der Waals surface area (Å²) in [7, 11) is 0. The van der Waals surface area contributed by atoms with Crippen LogP contribution in [0.15, 0.2) is 0 Å². The molecule has 26 heavy (non-hydrogen) atoms. The Bertz CT molecular complexity index is 491. The maximum Gasteiger partial charge on any atom is 0.321 e. The molecule has 4 amide bonds. The Kier molecular flexibility index (Phi) is 8.35. The van der Waals surface area contributed by atoms with Crippen molar-refractivity contribution in [3.8, 4) is 0 Å². The van der Waals surface area contributed by atoms with Crippen LogP contribution in [0, 0.1) is 5.92 Å². The molecule has 7 heteroatoms. The number of imide groups is 1. The van der Waals surface area contributed by atoms with Crippen LogP contribution in [0.25, 0.3) is 0 Å². The fourth-order valence-corrected chi connectivity index (χ4v) is 3.86. The summed E-state index contributed by atoms with van der Waals surface area (Å²) in [6, 6.07) is -0.531. The average Bonchev–Trinajstić information content (AvgIpc) is 3.12. The predicted molar refractivity (Wildman–Crippen MR) is 101 cm³/mol. The van der Waals surface area contributed by atoms with Crippen molar-refractivity contribution < 1.29 is 14.4 Å². The molecule has 1 saturated heterocycles. The number of nitrogens with zero attached hydrogens (tertiary/aromatic N) is 1. The molecule has 2 aliphatic rings. The van der Waals surface area contributed by atoms with Crippen molar-refractivity contribution in [2.75, 3.05) is 19.6 Å². The summed E-state index contributed by atoms with van der Waals surface area (Å²) in [5.74, 6) is 0.197. The molecule has 2 unspecified atom stereocenters. The van der Waals surface area contributed by atoms with Crippen molar-refractivity contribution in [2.24, 2.45) is 5.92 Å². The second-order valence-corrected chi connectivity index (χ2v) is 7.68. The van der Waals surface area contributed by atoms with Crippen LogP contribution in [0.2, 0.25) is 0 Å². The Morgan fingerprint density at radius 1 is 1.12 bits per heavy atom. The SMILES string of the molecule is CCCC(=O)NCC1CCCN(C(C)C(=O)NC(=O)NC2CCCC2)C1. The molecule has 1 saturated carbocycles. The molecular weight excluding hydrogens is 332 g/mol. The minimum atomic E-state index is -0.380. The van der Waals surface area contributed by atoms with E-state index in [0.29, 0.717) is 18.9 Å². The first-order valence-corrected chi connectivity index (χ1v) is 10.1. The lowest BCUT2D eigenvalue weighted by atomic mass is 9.96. The fraction of sp³-hybridized carbons (Fsp3) is 0.842. The molecule has 0 bridgehead atoms. The van der Waals surface area contributed by atoms with Gasteiger partial charge in [-0.05, 0) is 51.5 Å². The highest BCUT2D eigenvalue weighted by Crippen LogP contribution is 2.19. The Hall–Kier alpha value is -1.63. The van der Waals surface area contributed by atoms with Gasteiger partial charge in [0.2, 0.25) is 11.8 Å². The second-order valence-electron chi connectivity index (χ2n) is 7.68. The number of carbonyl (C=O) groups excluding carboxylic acids is 3. The molecular formula is C19H34N4O3. The highest BCUT2D eigenvalue weighted by atomic mass is 16.2. The van der Waals surface area contributed by atoms with Crippen LogP contribution in [-0.2, 0) is 9.59 Å². The Labute approximate surface area is 156 Å². The smallest absolute Gasteiger partial charge is 0.321 e. The summed E-state index contributed by atoms with van der Waals surface area (Å²) in [5.41, 5.74) is 0. The van der Waals surface area contributed by atoms with Gasteiger partial charge in [0.15, 0.2) is 0 Å². The third-order valence-electron chi connectivity index (χ3n) is 5.47. The van der Waals surface area contributed by atoms with E-state index in [4.69, 9.17) is 0 Å². The molecule has 0 spiro atoms. The standard InChI is InChI=1S/C19H34N4O3/c1-3-7-17(24)20-12-15-8-6-11-23(13-15)14(2)18(25)22-19(26)21-16-9-4-5-10-16/h14-16H,3-13H2,1-2H3,(H,20,24)(H2,21,22,25,26). The van der Waals surface area contributed by atoms with Gasteiger partial charge in [0.1, 0.15) is 0 Å². The van der Waals surface area contributed by atoms with E-state index in [9.17, 15) is 14.4 Å². The summed E-state index contributed by atoms with van der Waals surface area (Å²) < 4.78 is 0. The van der Waals surface area contributed by atoms with Crippen molar-refractivity contribution in [3.05, 3.63) is 0 Å². The van der Waals surface area contributed by atoms with Gasteiger partial charge in [-0.25, -0.2) is 4.79 Å². The van der Waals surface area contributed by atoms with Gasteiger partial charge in [0.05, 0.1) is 6.04 Å². The van der Waals surface area contributed by atoms with E-state index < -0.39 is 0 Å². The van der Waals surface area contributed by atoms with Gasteiger partial charge >= 0.3 is 6.03 Å². The van der Waals surface area contributed by atoms with E-state index in [0.717, 1.165) is 58.0 Å². The zero-order valence-electron chi connectivity index (χ0n) is 16.2. The summed E-state index contributed by atoms with van der Waals surface area (Å²) in [5, 5.41) is 8.35. The van der Waals surface area contributed by atoms with Gasteiger partial charge in [0, 0.05) is 25.6 Å². The number of carbonyl (C=O) groups is 3. The van der Waals surface area contributed by atoms with E-state index in [2.05, 4.69) is 20.9 Å². The molecule has 0 aromatic rings. The quantitative estimate of drug-likeness (QED) is 0.640. The number of urea groups is 1. The number of hydrogen-bond donors (Lipinski definition) is 3. The monoisotopic (exact) mass is 366 g/mol. The minimum absolute atomic E-state index is 0.0963. The molecule has 148 valence electrons. The molecule has 0 radical (unpaired) electrons. The Morgan fingerprint density at radius 2 is 1.85 bits per heavy atom. The van der Waals surface area contributed by atoms with Crippen LogP contribution in [0.5, 0.6) is 0 Å². The highest BCUT2D eigenvalue weighted by molar-refractivity contribution is 5.96. The summed E-state index contributed by atoms with van der Waals surface area (Å²) in [4.78, 5) is 38.1. The Balaban J connectivity index is 1.74. The number of rotatable bonds is 7. The maximum absolute atomic E-state index is 12.4. The number of piperidine rings is 1. The molecule has 2 atom stereocenters. The van der Waals surface area contributed by atoms with Crippen LogP contribution in [0.4, 0.5) is 4.79 Å². The molecule has 0 aromatic heterocycles. The van der Waals surface area contributed by atoms with Crippen LogP contribution >= 0.6 is 0 Å². The first-order valence-electron chi connectivity index (χ1n) is 10.1. The molecule has 1 heterocycles. The first-order chi connectivity index (χ1) is 12.5. The molecule has 2 rings (SSSR count). The van der Waals surface area contributed by atoms with Crippen LogP contribution in [0.1, 0.15) is 65.2 Å². The van der Waals surface area contributed by atoms with E-state index in [1.54, 1.807) is 0 Å². The molecule has 7 nitrogen and oxygen atoms in total. The van der Waals surface area contributed by atoms with Gasteiger partial charge in [-0.1, -0.05) is 19.8 Å². The lowest BCUT2D eigenvalue weighted by Gasteiger charge is -2.36. The second kappa shape index (κ2) is 10.5. The first kappa shape index (κ1) is 20.7. The van der Waals surface area contributed by atoms with Crippen molar-refractivity contribution in [3.63, 3.8) is 0 Å². The topological polar surface area (TPSA) is 90.5 Å². The van der Waals surface area contributed by atoms with Gasteiger partial charge in [0.25, 0.3) is 0 Å². The number of likely N-dealkylation sites (tertiary alicyclic amines) is 1. The van der Waals surface area contributed by atoms with Crippen molar-refractivity contribution in [1.29, 1.82) is 0 Å². The van der Waals surface area contributed by atoms with Crippen molar-refractivity contribution in [1.82, 2.24) is 20.9 Å². The minimum Gasteiger partial charge on any atom is -0.356 e. The third kappa shape index (κ3) is 6.59. The number of hydrogen-bond acceptors (Lipinski definition) is 4. The molecule has 2 fully saturated rings. The summed E-state index contributed by atoms with van der Waals surface area (Å²) >= 11 is 0. The van der Waals surface area contributed by atoms with Crippen molar-refractivity contribution >= 4 is 17.8 Å². The third-order valence-corrected chi connectivity index (χ3v) is 5.47. The van der Waals surface area contributed by atoms with Crippen LogP contribution in [-0.4, -0.2) is 54.5 Å². The normalized spacial score (nSPS) is 22.6. The summed E-state index contributed by atoms with van der Waals surface area (Å²) in [6.45, 7) is 6.11. The van der Waals surface area contributed by atoms with E-state index in [1.807, 2.05) is 13.8 Å². The molecule has 3 N–H and O–H groups in total. The Morgan fingerprint density at radius 3 is 2.54 bits per heavy atom. The fourth-order valence-electron chi connectivity index (χ4n) is 3.86. The molecule has 1 aliphatic heterocycles. The highest BCUT2D eigenvalue weighted by Gasteiger charge is 2.28. The van der Waals surface area contributed by atoms with Gasteiger partial charge in [-0.3, -0.25) is 19.8 Å². The van der Waals surface area contributed by atoms with Crippen LogP contribution in [0.3, 0.4) is 0 Å². The maximum atomic E-state index is 12.4. The zero-order chi connectivity index (χ0) is 18.9. The number of amides is 4. The average molecular weight is 367 g/mol. The van der Waals surface area contributed by atoms with Gasteiger partial charge < -0.3 is 10.6 Å². The summed E-state index contributed by atoms with van der Waals surface area (Å²) in [6.07, 6.45) is 7.73. The van der Waals surface area contributed by atoms with Gasteiger partial charge in [-0.15, -0.1) is 0 Å². The largest absolute Gasteiger partial charge is 0.356 e. The lowest BCUT2D eigenvalue weighted by molar-refractivity contribution is -0.126. The van der Waals surface area contributed by atoms with E-state index >= 15 is 0 Å². The zero-order valence-corrected chi connectivity index (χ0v) is 16.2. The molecule has 1 aliphatic carbocycles. The molecule has 0 aromatic carbocycles. The van der Waals surface area contributed by atoms with Crippen molar-refractivity contribution in [2.45, 2.75) is 77.3 Å².